The third-order valence-electron chi connectivity index (χ3n) is 2.47. The largest absolute Gasteiger partial charge is 0.394 e. The van der Waals surface area contributed by atoms with Crippen LogP contribution in [0, 0.1) is 10.1 Å². The molecule has 0 fully saturated rings. The number of nitro benzene ring substituents is 1. The summed E-state index contributed by atoms with van der Waals surface area (Å²) in [6.45, 7) is -1.56. The van der Waals surface area contributed by atoms with Gasteiger partial charge in [-0.15, -0.1) is 0 Å². The van der Waals surface area contributed by atoms with Crippen molar-refractivity contribution in [1.29, 1.82) is 0 Å². The Hall–Kier alpha value is -1.41. The maximum atomic E-state index is 10.5. The van der Waals surface area contributed by atoms with Crippen molar-refractivity contribution in [2.24, 2.45) is 0 Å². The second-order valence-corrected chi connectivity index (χ2v) is 4.21. The lowest BCUT2D eigenvalue weighted by Gasteiger charge is -2.30. The summed E-state index contributed by atoms with van der Waals surface area (Å²) in [5.74, 6) is 0. The summed E-state index contributed by atoms with van der Waals surface area (Å²) >= 11 is 5.84. The Kier molecular flexibility index (Phi) is 4.85. The summed E-state index contributed by atoms with van der Waals surface area (Å²) in [4.78, 5) is 9.93. The van der Waals surface area contributed by atoms with E-state index in [4.69, 9.17) is 26.9 Å². The van der Waals surface area contributed by atoms with Crippen molar-refractivity contribution < 1.29 is 20.2 Å². The molecule has 0 aliphatic rings. The predicted octanol–water partition coefficient (Wildman–Crippen LogP) is 0.376. The molecule has 0 heterocycles. The molecule has 0 atom stereocenters. The van der Waals surface area contributed by atoms with Gasteiger partial charge in [-0.05, 0) is 6.07 Å². The molecule has 0 saturated heterocycles. The number of benzene rings is 1. The van der Waals surface area contributed by atoms with Gasteiger partial charge in [0.05, 0.1) is 35.5 Å². The number of aliphatic hydroxyl groups excluding tert-OH is 3. The second kappa shape index (κ2) is 5.96. The Morgan fingerprint density at radius 2 is 1.83 bits per heavy atom. The van der Waals surface area contributed by atoms with Crippen molar-refractivity contribution in [3.63, 3.8) is 0 Å². The molecule has 0 bridgehead atoms. The molecular weight excluding hydrogens is 264 g/mol. The fourth-order valence-electron chi connectivity index (χ4n) is 1.27. The highest BCUT2D eigenvalue weighted by molar-refractivity contribution is 6.33. The van der Waals surface area contributed by atoms with E-state index in [1.54, 1.807) is 0 Å². The molecule has 100 valence electrons. The van der Waals surface area contributed by atoms with Gasteiger partial charge in [-0.25, -0.2) is 0 Å². The van der Waals surface area contributed by atoms with E-state index in [-0.39, 0.29) is 16.4 Å². The van der Waals surface area contributed by atoms with Gasteiger partial charge in [-0.2, -0.15) is 0 Å². The Labute approximate surface area is 108 Å². The Morgan fingerprint density at radius 1 is 1.28 bits per heavy atom. The number of hydrogen-bond acceptors (Lipinski definition) is 6. The minimum Gasteiger partial charge on any atom is -0.394 e. The van der Waals surface area contributed by atoms with E-state index in [0.717, 1.165) is 6.07 Å². The monoisotopic (exact) mass is 276 g/mol. The van der Waals surface area contributed by atoms with Crippen LogP contribution < -0.4 is 5.32 Å². The van der Waals surface area contributed by atoms with Crippen LogP contribution in [0.5, 0.6) is 0 Å². The first-order valence-corrected chi connectivity index (χ1v) is 5.40. The van der Waals surface area contributed by atoms with Gasteiger partial charge in [0.25, 0.3) is 5.69 Å². The number of rotatable bonds is 6. The number of anilines is 1. The molecule has 0 aromatic heterocycles. The standard InChI is InChI=1S/C10H13ClN2O5/c11-8-3-7(13(17)18)1-2-9(8)12-10(4-14,5-15)6-16/h1-3,12,14-16H,4-6H2. The van der Waals surface area contributed by atoms with Crippen molar-refractivity contribution in [3.8, 4) is 0 Å². The highest BCUT2D eigenvalue weighted by Gasteiger charge is 2.28. The highest BCUT2D eigenvalue weighted by atomic mass is 35.5. The Morgan fingerprint density at radius 3 is 2.22 bits per heavy atom. The molecule has 0 amide bonds. The molecule has 8 heteroatoms. The summed E-state index contributed by atoms with van der Waals surface area (Å²) in [5, 5.41) is 40.7. The third-order valence-corrected chi connectivity index (χ3v) is 2.78. The van der Waals surface area contributed by atoms with E-state index in [9.17, 15) is 10.1 Å². The van der Waals surface area contributed by atoms with Crippen LogP contribution in [0.1, 0.15) is 0 Å². The van der Waals surface area contributed by atoms with Crippen LogP contribution in [0.15, 0.2) is 18.2 Å². The van der Waals surface area contributed by atoms with Gasteiger partial charge in [-0.3, -0.25) is 10.1 Å². The topological polar surface area (TPSA) is 116 Å². The molecule has 1 aromatic rings. The van der Waals surface area contributed by atoms with Crippen LogP contribution >= 0.6 is 11.6 Å². The Balaban J connectivity index is 3.01. The van der Waals surface area contributed by atoms with Gasteiger partial charge < -0.3 is 20.6 Å². The highest BCUT2D eigenvalue weighted by Crippen LogP contribution is 2.28. The van der Waals surface area contributed by atoms with Crippen molar-refractivity contribution in [2.75, 3.05) is 25.1 Å². The van der Waals surface area contributed by atoms with Crippen molar-refractivity contribution in [3.05, 3.63) is 33.3 Å². The van der Waals surface area contributed by atoms with Crippen molar-refractivity contribution in [2.45, 2.75) is 5.54 Å². The average molecular weight is 277 g/mol. The van der Waals surface area contributed by atoms with Crippen LogP contribution in [-0.2, 0) is 0 Å². The van der Waals surface area contributed by atoms with Gasteiger partial charge in [0, 0.05) is 12.1 Å². The number of hydrogen-bond donors (Lipinski definition) is 4. The van der Waals surface area contributed by atoms with Gasteiger partial charge in [0.1, 0.15) is 5.54 Å². The second-order valence-electron chi connectivity index (χ2n) is 3.80. The molecule has 4 N–H and O–H groups in total. The number of nitro groups is 1. The van der Waals surface area contributed by atoms with E-state index in [2.05, 4.69) is 5.32 Å². The number of non-ortho nitro benzene ring substituents is 1. The fraction of sp³-hybridized carbons (Fsp3) is 0.400. The van der Waals surface area contributed by atoms with E-state index < -0.39 is 30.3 Å². The summed E-state index contributed by atoms with van der Waals surface area (Å²) in [5.41, 5.74) is -1.23. The van der Waals surface area contributed by atoms with Gasteiger partial charge in [-0.1, -0.05) is 11.6 Å². The summed E-state index contributed by atoms with van der Waals surface area (Å²) in [7, 11) is 0. The predicted molar refractivity (Wildman–Crippen MR) is 65.7 cm³/mol. The first kappa shape index (κ1) is 14.7. The molecule has 1 aromatic carbocycles. The normalized spacial score (nSPS) is 11.3. The third kappa shape index (κ3) is 3.08. The van der Waals surface area contributed by atoms with E-state index in [1.165, 1.54) is 12.1 Å². The van der Waals surface area contributed by atoms with Gasteiger partial charge in [0.15, 0.2) is 0 Å². The van der Waals surface area contributed by atoms with Crippen molar-refractivity contribution >= 4 is 23.0 Å². The molecule has 0 aliphatic heterocycles. The molecule has 0 aliphatic carbocycles. The van der Waals surface area contributed by atoms with Crippen LogP contribution in [0.4, 0.5) is 11.4 Å². The zero-order valence-corrected chi connectivity index (χ0v) is 10.1. The molecule has 0 spiro atoms. The maximum Gasteiger partial charge on any atom is 0.271 e. The van der Waals surface area contributed by atoms with Crippen LogP contribution in [0.2, 0.25) is 5.02 Å². The van der Waals surface area contributed by atoms with Crippen LogP contribution in [-0.4, -0.2) is 45.6 Å². The first-order valence-electron chi connectivity index (χ1n) is 5.03. The minimum atomic E-state index is -1.33. The lowest BCUT2D eigenvalue weighted by molar-refractivity contribution is -0.384. The average Bonchev–Trinajstić information content (AvgIpc) is 2.38. The molecule has 1 rings (SSSR count). The van der Waals surface area contributed by atoms with E-state index in [0.29, 0.717) is 0 Å². The van der Waals surface area contributed by atoms with Crippen LogP contribution in [0.3, 0.4) is 0 Å². The quantitative estimate of drug-likeness (QED) is 0.441. The number of aliphatic hydroxyl groups is 3. The van der Waals surface area contributed by atoms with Gasteiger partial charge >= 0.3 is 0 Å². The van der Waals surface area contributed by atoms with Crippen molar-refractivity contribution in [1.82, 2.24) is 0 Å². The minimum absolute atomic E-state index is 0.0592. The summed E-state index contributed by atoms with van der Waals surface area (Å²) in [6, 6.07) is 3.71. The lowest BCUT2D eigenvalue weighted by Crippen LogP contribution is -2.49. The zero-order chi connectivity index (χ0) is 13.8. The Bertz CT molecular complexity index is 428. The van der Waals surface area contributed by atoms with Crippen LogP contribution in [0.25, 0.3) is 0 Å². The fourth-order valence-corrected chi connectivity index (χ4v) is 1.50. The van der Waals surface area contributed by atoms with E-state index >= 15 is 0 Å². The summed E-state index contributed by atoms with van der Waals surface area (Å²) in [6.07, 6.45) is 0. The number of halogens is 1. The summed E-state index contributed by atoms with van der Waals surface area (Å²) < 4.78 is 0. The SMILES string of the molecule is O=[N+]([O-])c1ccc(NC(CO)(CO)CO)c(Cl)c1. The van der Waals surface area contributed by atoms with E-state index in [1.807, 2.05) is 0 Å². The first-order chi connectivity index (χ1) is 8.48. The molecule has 0 saturated carbocycles. The number of nitrogens with zero attached hydrogens (tertiary/aromatic N) is 1. The van der Waals surface area contributed by atoms with Gasteiger partial charge in [0.2, 0.25) is 0 Å². The molecule has 18 heavy (non-hydrogen) atoms. The number of nitrogens with one attached hydrogen (secondary N) is 1. The maximum absolute atomic E-state index is 10.5. The smallest absolute Gasteiger partial charge is 0.271 e. The molecule has 0 unspecified atom stereocenters. The molecule has 7 nitrogen and oxygen atoms in total. The molecule has 0 radical (unpaired) electrons. The molecular formula is C10H13ClN2O5. The zero-order valence-electron chi connectivity index (χ0n) is 9.34. The lowest BCUT2D eigenvalue weighted by atomic mass is 10.0.